The van der Waals surface area contributed by atoms with Crippen LogP contribution in [0.3, 0.4) is 0 Å². The first-order chi connectivity index (χ1) is 11.8. The van der Waals surface area contributed by atoms with Crippen molar-refractivity contribution in [3.8, 4) is 5.75 Å². The van der Waals surface area contributed by atoms with Crippen molar-refractivity contribution in [1.29, 1.82) is 0 Å². The van der Waals surface area contributed by atoms with Crippen molar-refractivity contribution in [1.82, 2.24) is 5.32 Å². The molecular weight excluding hydrogens is 322 g/mol. The molecule has 1 aromatic carbocycles. The van der Waals surface area contributed by atoms with E-state index in [-0.39, 0.29) is 12.0 Å². The summed E-state index contributed by atoms with van der Waals surface area (Å²) in [5, 5.41) is 11.7. The van der Waals surface area contributed by atoms with E-state index in [1.54, 1.807) is 26.0 Å². The van der Waals surface area contributed by atoms with Crippen molar-refractivity contribution in [3.05, 3.63) is 28.8 Å². The third-order valence-electron chi connectivity index (χ3n) is 4.51. The van der Waals surface area contributed by atoms with E-state index < -0.39 is 12.6 Å². The highest BCUT2D eigenvalue weighted by Gasteiger charge is 2.30. The highest BCUT2D eigenvalue weighted by atomic mass is 16.5. The summed E-state index contributed by atoms with van der Waals surface area (Å²) in [5.74, 6) is 0.122. The van der Waals surface area contributed by atoms with Crippen LogP contribution in [-0.2, 0) is 9.53 Å². The zero-order valence-corrected chi connectivity index (χ0v) is 15.3. The number of hydrogen-bond acceptors (Lipinski definition) is 4. The van der Waals surface area contributed by atoms with Gasteiger partial charge in [0, 0.05) is 24.6 Å². The van der Waals surface area contributed by atoms with E-state index in [2.05, 4.69) is 19.2 Å². The summed E-state index contributed by atoms with van der Waals surface area (Å²) in [5.41, 5.74) is 2.05. The van der Waals surface area contributed by atoms with E-state index in [4.69, 9.17) is 14.6 Å². The Morgan fingerprint density at radius 1 is 1.32 bits per heavy atom. The summed E-state index contributed by atoms with van der Waals surface area (Å²) in [6.45, 7) is 8.82. The van der Waals surface area contributed by atoms with Crippen LogP contribution in [0.25, 0.3) is 0 Å². The molecule has 138 valence electrons. The third kappa shape index (κ3) is 4.95. The Balaban J connectivity index is 2.01. The Bertz CT molecular complexity index is 618. The van der Waals surface area contributed by atoms with Gasteiger partial charge in [-0.15, -0.1) is 0 Å². The number of carbonyl (C=O) groups excluding carboxylic acids is 1. The van der Waals surface area contributed by atoms with Gasteiger partial charge in [-0.1, -0.05) is 13.8 Å². The molecule has 0 bridgehead atoms. The Labute approximate surface area is 148 Å². The third-order valence-corrected chi connectivity index (χ3v) is 4.51. The molecular formula is C19H27NO5. The maximum atomic E-state index is 12.5. The average Bonchev–Trinajstić information content (AvgIpc) is 3.00. The minimum atomic E-state index is -1.03. The van der Waals surface area contributed by atoms with Crippen molar-refractivity contribution < 1.29 is 24.2 Å². The van der Waals surface area contributed by atoms with Gasteiger partial charge in [0.05, 0.1) is 6.10 Å². The molecule has 1 aliphatic heterocycles. The average molecular weight is 349 g/mol. The smallest absolute Gasteiger partial charge is 0.341 e. The van der Waals surface area contributed by atoms with Gasteiger partial charge in [0.25, 0.3) is 5.91 Å². The standard InChI is InChI=1S/C19H27NO5/c1-11(2)17-14(5-6-24-17)9-20-19(23)15-7-12(3)18(13(4)8-15)25-10-16(21)22/h7-8,11,14,17H,5-6,9-10H2,1-4H3,(H,20,23)(H,21,22). The van der Waals surface area contributed by atoms with Crippen molar-refractivity contribution in [2.75, 3.05) is 19.8 Å². The number of nitrogens with one attached hydrogen (secondary N) is 1. The number of aliphatic carboxylic acids is 1. The summed E-state index contributed by atoms with van der Waals surface area (Å²) in [6.07, 6.45) is 1.15. The molecule has 2 atom stereocenters. The van der Waals surface area contributed by atoms with Gasteiger partial charge in [-0.3, -0.25) is 4.79 Å². The number of carboxylic acid groups (broad SMARTS) is 1. The number of benzene rings is 1. The van der Waals surface area contributed by atoms with Crippen LogP contribution < -0.4 is 10.1 Å². The number of rotatable bonds is 7. The fourth-order valence-electron chi connectivity index (χ4n) is 3.38. The second kappa shape index (κ2) is 8.34. The van der Waals surface area contributed by atoms with Crippen molar-refractivity contribution in [2.24, 2.45) is 11.8 Å². The van der Waals surface area contributed by atoms with Crippen molar-refractivity contribution >= 4 is 11.9 Å². The second-order valence-corrected chi connectivity index (χ2v) is 6.96. The molecule has 6 nitrogen and oxygen atoms in total. The number of amides is 1. The van der Waals surface area contributed by atoms with Crippen molar-refractivity contribution in [2.45, 2.75) is 40.2 Å². The molecule has 2 rings (SSSR count). The first kappa shape index (κ1) is 19.2. The quantitative estimate of drug-likeness (QED) is 0.790. The van der Waals surface area contributed by atoms with Crippen LogP contribution >= 0.6 is 0 Å². The van der Waals surface area contributed by atoms with Crippen LogP contribution in [0.1, 0.15) is 41.8 Å². The van der Waals surface area contributed by atoms with Gasteiger partial charge in [0.15, 0.2) is 6.61 Å². The van der Waals surface area contributed by atoms with Crippen LogP contribution in [0.2, 0.25) is 0 Å². The number of aryl methyl sites for hydroxylation is 2. The lowest BCUT2D eigenvalue weighted by molar-refractivity contribution is -0.139. The van der Waals surface area contributed by atoms with E-state index in [1.807, 2.05) is 0 Å². The molecule has 0 spiro atoms. The number of carboxylic acids is 1. The van der Waals surface area contributed by atoms with Crippen molar-refractivity contribution in [3.63, 3.8) is 0 Å². The molecule has 25 heavy (non-hydrogen) atoms. The van der Waals surface area contributed by atoms with Gasteiger partial charge < -0.3 is 19.9 Å². The number of ether oxygens (including phenoxy) is 2. The SMILES string of the molecule is Cc1cc(C(=O)NCC2CCOC2C(C)C)cc(C)c1OCC(=O)O. The number of hydrogen-bond donors (Lipinski definition) is 2. The van der Waals surface area contributed by atoms with E-state index in [1.165, 1.54) is 0 Å². The van der Waals surface area contributed by atoms with Gasteiger partial charge >= 0.3 is 5.97 Å². The lowest BCUT2D eigenvalue weighted by Gasteiger charge is -2.22. The first-order valence-corrected chi connectivity index (χ1v) is 8.65. The highest BCUT2D eigenvalue weighted by molar-refractivity contribution is 5.94. The molecule has 1 amide bonds. The van der Waals surface area contributed by atoms with E-state index >= 15 is 0 Å². The van der Waals surface area contributed by atoms with Crippen LogP contribution in [0.15, 0.2) is 12.1 Å². The molecule has 0 aliphatic carbocycles. The first-order valence-electron chi connectivity index (χ1n) is 8.65. The largest absolute Gasteiger partial charge is 0.481 e. The predicted octanol–water partition coefficient (Wildman–Crippen LogP) is 2.56. The van der Waals surface area contributed by atoms with Crippen LogP contribution in [0.4, 0.5) is 0 Å². The zero-order valence-electron chi connectivity index (χ0n) is 15.3. The molecule has 1 fully saturated rings. The maximum Gasteiger partial charge on any atom is 0.341 e. The fourth-order valence-corrected chi connectivity index (χ4v) is 3.38. The van der Waals surface area contributed by atoms with Crippen LogP contribution in [0, 0.1) is 25.7 Å². The molecule has 2 unspecified atom stereocenters. The summed E-state index contributed by atoms with van der Waals surface area (Å²) in [7, 11) is 0. The molecule has 0 aromatic heterocycles. The van der Waals surface area contributed by atoms with Gasteiger partial charge in [-0.25, -0.2) is 4.79 Å². The molecule has 1 aromatic rings. The normalized spacial score (nSPS) is 19.9. The highest BCUT2D eigenvalue weighted by Crippen LogP contribution is 2.27. The van der Waals surface area contributed by atoms with Crippen LogP contribution in [-0.4, -0.2) is 42.8 Å². The zero-order chi connectivity index (χ0) is 18.6. The minimum Gasteiger partial charge on any atom is -0.481 e. The van der Waals surface area contributed by atoms with Gasteiger partial charge in [-0.05, 0) is 49.4 Å². The van der Waals surface area contributed by atoms with E-state index in [9.17, 15) is 9.59 Å². The molecule has 1 aliphatic rings. The summed E-state index contributed by atoms with van der Waals surface area (Å²) in [4.78, 5) is 23.1. The fraction of sp³-hybridized carbons (Fsp3) is 0.579. The van der Waals surface area contributed by atoms with Gasteiger partial charge in [0.1, 0.15) is 5.75 Å². The van der Waals surface area contributed by atoms with Gasteiger partial charge in [0.2, 0.25) is 0 Å². The maximum absolute atomic E-state index is 12.5. The Hall–Kier alpha value is -2.08. The van der Waals surface area contributed by atoms with E-state index in [0.29, 0.717) is 29.7 Å². The summed E-state index contributed by atoms with van der Waals surface area (Å²) in [6, 6.07) is 3.45. The van der Waals surface area contributed by atoms with E-state index in [0.717, 1.165) is 24.2 Å². The monoisotopic (exact) mass is 349 g/mol. The Kier molecular flexibility index (Phi) is 6.42. The second-order valence-electron chi connectivity index (χ2n) is 6.96. The topological polar surface area (TPSA) is 84.9 Å². The minimum absolute atomic E-state index is 0.134. The predicted molar refractivity (Wildman–Crippen MR) is 94.1 cm³/mol. The lowest BCUT2D eigenvalue weighted by Crippen LogP contribution is -2.35. The summed E-state index contributed by atoms with van der Waals surface area (Å²) < 4.78 is 11.0. The molecule has 6 heteroatoms. The molecule has 1 saturated heterocycles. The molecule has 1 heterocycles. The van der Waals surface area contributed by atoms with Crippen LogP contribution in [0.5, 0.6) is 5.75 Å². The molecule has 0 saturated carbocycles. The molecule has 2 N–H and O–H groups in total. The summed E-state index contributed by atoms with van der Waals surface area (Å²) >= 11 is 0. The Morgan fingerprint density at radius 2 is 1.96 bits per heavy atom. The molecule has 0 radical (unpaired) electrons. The van der Waals surface area contributed by atoms with Gasteiger partial charge in [-0.2, -0.15) is 0 Å². The Morgan fingerprint density at radius 3 is 2.52 bits per heavy atom. The lowest BCUT2D eigenvalue weighted by atomic mass is 9.93. The number of carbonyl (C=O) groups is 2.